The maximum Gasteiger partial charge on any atom is 0.262 e. The molecule has 2 aromatic carbocycles. The molecule has 3 aromatic rings. The smallest absolute Gasteiger partial charge is 0.262 e. The standard InChI is InChI=1S/C21H17N3O4/c22-12-15-5-3-6-16(11-15)28-14-20(25)24-19-9-2-1-8-18(19)21(26)23-13-17-7-4-10-27-17/h1-11H,13-14H2,(H,23,26)(H,24,25). The van der Waals surface area contributed by atoms with Crippen LogP contribution in [0.3, 0.4) is 0 Å². The van der Waals surface area contributed by atoms with Crippen LogP contribution in [0.25, 0.3) is 0 Å². The predicted octanol–water partition coefficient (Wildman–Crippen LogP) is 3.10. The number of ether oxygens (including phenoxy) is 1. The van der Waals surface area contributed by atoms with Crippen molar-refractivity contribution < 1.29 is 18.7 Å². The van der Waals surface area contributed by atoms with E-state index in [4.69, 9.17) is 14.4 Å². The normalized spacial score (nSPS) is 9.96. The number of para-hydroxylation sites is 1. The summed E-state index contributed by atoms with van der Waals surface area (Å²) in [6.07, 6.45) is 1.53. The molecule has 0 fully saturated rings. The van der Waals surface area contributed by atoms with Gasteiger partial charge in [0.15, 0.2) is 6.61 Å². The Morgan fingerprint density at radius 1 is 1.07 bits per heavy atom. The van der Waals surface area contributed by atoms with E-state index < -0.39 is 5.91 Å². The van der Waals surface area contributed by atoms with E-state index >= 15 is 0 Å². The van der Waals surface area contributed by atoms with Crippen molar-refractivity contribution in [2.45, 2.75) is 6.54 Å². The first-order valence-electron chi connectivity index (χ1n) is 8.48. The molecule has 0 saturated carbocycles. The third-order valence-electron chi connectivity index (χ3n) is 3.78. The number of nitrogens with zero attached hydrogens (tertiary/aromatic N) is 1. The number of benzene rings is 2. The van der Waals surface area contributed by atoms with Gasteiger partial charge < -0.3 is 19.8 Å². The van der Waals surface area contributed by atoms with Crippen LogP contribution in [0.4, 0.5) is 5.69 Å². The number of rotatable bonds is 7. The van der Waals surface area contributed by atoms with Gasteiger partial charge in [-0.05, 0) is 42.5 Å². The first-order valence-corrected chi connectivity index (χ1v) is 8.48. The SMILES string of the molecule is N#Cc1cccc(OCC(=O)Nc2ccccc2C(=O)NCc2ccco2)c1. The molecule has 2 amide bonds. The van der Waals surface area contributed by atoms with Gasteiger partial charge in [-0.3, -0.25) is 9.59 Å². The lowest BCUT2D eigenvalue weighted by molar-refractivity contribution is -0.118. The molecule has 0 aliphatic heterocycles. The second kappa shape index (κ2) is 9.05. The summed E-state index contributed by atoms with van der Waals surface area (Å²) in [5, 5.41) is 14.3. The highest BCUT2D eigenvalue weighted by molar-refractivity contribution is 6.03. The van der Waals surface area contributed by atoms with Crippen molar-refractivity contribution in [1.29, 1.82) is 5.26 Å². The maximum absolute atomic E-state index is 12.4. The van der Waals surface area contributed by atoms with Crippen LogP contribution < -0.4 is 15.4 Å². The second-order valence-corrected chi connectivity index (χ2v) is 5.78. The molecule has 0 atom stereocenters. The van der Waals surface area contributed by atoms with Crippen molar-refractivity contribution in [2.75, 3.05) is 11.9 Å². The predicted molar refractivity (Wildman–Crippen MR) is 102 cm³/mol. The number of anilines is 1. The van der Waals surface area contributed by atoms with Crippen LogP contribution >= 0.6 is 0 Å². The summed E-state index contributed by atoms with van der Waals surface area (Å²) in [5.74, 6) is 0.283. The Bertz CT molecular complexity index is 1010. The number of hydrogen-bond donors (Lipinski definition) is 2. The second-order valence-electron chi connectivity index (χ2n) is 5.78. The summed E-state index contributed by atoms with van der Waals surface area (Å²) >= 11 is 0. The van der Waals surface area contributed by atoms with Gasteiger partial charge in [0, 0.05) is 0 Å². The highest BCUT2D eigenvalue weighted by Gasteiger charge is 2.13. The summed E-state index contributed by atoms with van der Waals surface area (Å²) in [5.41, 5.74) is 1.14. The lowest BCUT2D eigenvalue weighted by Crippen LogP contribution is -2.26. The molecule has 28 heavy (non-hydrogen) atoms. The van der Waals surface area contributed by atoms with Crippen LogP contribution in [0.1, 0.15) is 21.7 Å². The zero-order valence-electron chi connectivity index (χ0n) is 14.8. The largest absolute Gasteiger partial charge is 0.484 e. The molecule has 1 heterocycles. The molecule has 7 heteroatoms. The van der Waals surface area contributed by atoms with Crippen LogP contribution in [0.5, 0.6) is 5.75 Å². The van der Waals surface area contributed by atoms with Gasteiger partial charge in [0.1, 0.15) is 11.5 Å². The van der Waals surface area contributed by atoms with Crippen LogP contribution in [-0.4, -0.2) is 18.4 Å². The van der Waals surface area contributed by atoms with Gasteiger partial charge in [-0.25, -0.2) is 0 Å². The van der Waals surface area contributed by atoms with Gasteiger partial charge in [-0.15, -0.1) is 0 Å². The number of hydrogen-bond acceptors (Lipinski definition) is 5. The van der Waals surface area contributed by atoms with Gasteiger partial charge in [-0.2, -0.15) is 5.26 Å². The molecule has 7 nitrogen and oxygen atoms in total. The molecular weight excluding hydrogens is 358 g/mol. The Balaban J connectivity index is 1.59. The molecule has 0 bridgehead atoms. The molecular formula is C21H17N3O4. The van der Waals surface area contributed by atoms with Crippen LogP contribution in [0, 0.1) is 11.3 Å². The van der Waals surface area contributed by atoms with Crippen LogP contribution in [0.2, 0.25) is 0 Å². The Hall–Kier alpha value is -4.05. The van der Waals surface area contributed by atoms with Crippen molar-refractivity contribution in [3.8, 4) is 11.8 Å². The van der Waals surface area contributed by atoms with Gasteiger partial charge in [0.25, 0.3) is 11.8 Å². The summed E-state index contributed by atoms with van der Waals surface area (Å²) in [4.78, 5) is 24.6. The summed E-state index contributed by atoms with van der Waals surface area (Å²) in [6, 6.07) is 18.7. The van der Waals surface area contributed by atoms with Gasteiger partial charge in [0.05, 0.1) is 35.7 Å². The van der Waals surface area contributed by atoms with Crippen molar-refractivity contribution in [3.05, 3.63) is 83.8 Å². The molecule has 2 N–H and O–H groups in total. The summed E-state index contributed by atoms with van der Waals surface area (Å²) in [6.45, 7) is -0.0102. The minimum absolute atomic E-state index is 0.243. The molecule has 1 aromatic heterocycles. The third kappa shape index (κ3) is 4.99. The molecule has 0 unspecified atom stereocenters. The quantitative estimate of drug-likeness (QED) is 0.660. The number of amides is 2. The average Bonchev–Trinajstić information content (AvgIpc) is 3.25. The lowest BCUT2D eigenvalue weighted by Gasteiger charge is -2.12. The number of nitriles is 1. The van der Waals surface area contributed by atoms with Gasteiger partial charge >= 0.3 is 0 Å². The fourth-order valence-corrected chi connectivity index (χ4v) is 2.46. The van der Waals surface area contributed by atoms with E-state index in [-0.39, 0.29) is 19.1 Å². The van der Waals surface area contributed by atoms with Crippen LogP contribution in [-0.2, 0) is 11.3 Å². The minimum atomic E-state index is -0.423. The third-order valence-corrected chi connectivity index (χ3v) is 3.78. The van der Waals surface area contributed by atoms with Gasteiger partial charge in [0.2, 0.25) is 0 Å². The maximum atomic E-state index is 12.4. The highest BCUT2D eigenvalue weighted by atomic mass is 16.5. The van der Waals surface area contributed by atoms with Gasteiger partial charge in [-0.1, -0.05) is 18.2 Å². The van der Waals surface area contributed by atoms with Crippen molar-refractivity contribution in [3.63, 3.8) is 0 Å². The number of carbonyl (C=O) groups excluding carboxylic acids is 2. The Labute approximate surface area is 161 Å². The molecule has 140 valence electrons. The zero-order valence-corrected chi connectivity index (χ0v) is 14.8. The summed E-state index contributed by atoms with van der Waals surface area (Å²) < 4.78 is 10.6. The number of furan rings is 1. The molecule has 0 saturated heterocycles. The van der Waals surface area contributed by atoms with E-state index in [0.29, 0.717) is 28.3 Å². The Morgan fingerprint density at radius 3 is 2.71 bits per heavy atom. The lowest BCUT2D eigenvalue weighted by atomic mass is 10.1. The van der Waals surface area contributed by atoms with E-state index in [9.17, 15) is 9.59 Å². The van der Waals surface area contributed by atoms with Crippen LogP contribution in [0.15, 0.2) is 71.3 Å². The average molecular weight is 375 g/mol. The zero-order chi connectivity index (χ0) is 19.8. The first-order chi connectivity index (χ1) is 13.7. The number of carbonyl (C=O) groups is 2. The van der Waals surface area contributed by atoms with Crippen molar-refractivity contribution in [2.24, 2.45) is 0 Å². The number of nitrogens with one attached hydrogen (secondary N) is 2. The van der Waals surface area contributed by atoms with E-state index in [1.807, 2.05) is 6.07 Å². The highest BCUT2D eigenvalue weighted by Crippen LogP contribution is 2.16. The minimum Gasteiger partial charge on any atom is -0.484 e. The molecule has 0 spiro atoms. The van der Waals surface area contributed by atoms with E-state index in [1.165, 1.54) is 6.26 Å². The topological polar surface area (TPSA) is 104 Å². The van der Waals surface area contributed by atoms with E-state index in [2.05, 4.69) is 10.6 Å². The molecule has 3 rings (SSSR count). The van der Waals surface area contributed by atoms with Crippen molar-refractivity contribution >= 4 is 17.5 Å². The monoisotopic (exact) mass is 375 g/mol. The fourth-order valence-electron chi connectivity index (χ4n) is 2.46. The van der Waals surface area contributed by atoms with Crippen molar-refractivity contribution in [1.82, 2.24) is 5.32 Å². The van der Waals surface area contributed by atoms with E-state index in [0.717, 1.165) is 0 Å². The van der Waals surface area contributed by atoms with E-state index in [1.54, 1.807) is 60.7 Å². The molecule has 0 radical (unpaired) electrons. The molecule has 0 aliphatic rings. The Morgan fingerprint density at radius 2 is 1.93 bits per heavy atom. The fraction of sp³-hybridized carbons (Fsp3) is 0.0952. The molecule has 0 aliphatic carbocycles. The summed E-state index contributed by atoms with van der Waals surface area (Å²) in [7, 11) is 0. The Kier molecular flexibility index (Phi) is 6.06. The first kappa shape index (κ1) is 18.7.